The average Bonchev–Trinajstić information content (AvgIpc) is 2.94. The van der Waals surface area contributed by atoms with Gasteiger partial charge in [-0.3, -0.25) is 14.9 Å². The van der Waals surface area contributed by atoms with Crippen LogP contribution in [0.3, 0.4) is 0 Å². The van der Waals surface area contributed by atoms with Crippen LogP contribution in [-0.2, 0) is 10.2 Å². The van der Waals surface area contributed by atoms with Crippen LogP contribution in [0.15, 0.2) is 34.9 Å². The number of nitrogens with one attached hydrogen (secondary N) is 2. The lowest BCUT2D eigenvalue weighted by Gasteiger charge is -2.12. The van der Waals surface area contributed by atoms with Crippen LogP contribution in [0.5, 0.6) is 0 Å². The van der Waals surface area contributed by atoms with E-state index in [0.29, 0.717) is 11.4 Å². The molecule has 0 radical (unpaired) electrons. The molecule has 0 saturated carbocycles. The van der Waals surface area contributed by atoms with Crippen molar-refractivity contribution in [3.63, 3.8) is 0 Å². The standard InChI is InChI=1S/C17H21N3O3/c1-11(21)12-5-7-13(8-6-12)18-10-15(22)19-16-9-14(20-23-16)17(2,3)4/h5-9,18H,10H2,1-4H3,(H,19,22). The Morgan fingerprint density at radius 3 is 2.35 bits per heavy atom. The Morgan fingerprint density at radius 1 is 1.17 bits per heavy atom. The van der Waals surface area contributed by atoms with E-state index in [1.807, 2.05) is 20.8 Å². The number of rotatable bonds is 5. The normalized spacial score (nSPS) is 11.1. The number of anilines is 2. The maximum Gasteiger partial charge on any atom is 0.246 e. The number of Topliss-reactive ketones (excluding diaryl/α,β-unsaturated/α-hetero) is 1. The topological polar surface area (TPSA) is 84.2 Å². The van der Waals surface area contributed by atoms with Crippen LogP contribution in [0.25, 0.3) is 0 Å². The fraction of sp³-hybridized carbons (Fsp3) is 0.353. The van der Waals surface area contributed by atoms with Crippen LogP contribution < -0.4 is 10.6 Å². The molecule has 0 spiro atoms. The van der Waals surface area contributed by atoms with Crippen molar-refractivity contribution in [3.8, 4) is 0 Å². The first-order valence-corrected chi connectivity index (χ1v) is 7.37. The highest BCUT2D eigenvalue weighted by atomic mass is 16.5. The number of nitrogens with zero attached hydrogens (tertiary/aromatic N) is 1. The van der Waals surface area contributed by atoms with Gasteiger partial charge in [-0.25, -0.2) is 0 Å². The Bertz CT molecular complexity index is 697. The summed E-state index contributed by atoms with van der Waals surface area (Å²) < 4.78 is 5.11. The molecule has 0 aliphatic rings. The molecule has 1 heterocycles. The van der Waals surface area contributed by atoms with Crippen LogP contribution in [0, 0.1) is 0 Å². The van der Waals surface area contributed by atoms with Crippen molar-refractivity contribution in [2.45, 2.75) is 33.1 Å². The largest absolute Gasteiger partial charge is 0.376 e. The quantitative estimate of drug-likeness (QED) is 0.828. The number of hydrogen-bond donors (Lipinski definition) is 2. The fourth-order valence-corrected chi connectivity index (χ4v) is 1.87. The molecule has 1 aromatic carbocycles. The Hall–Kier alpha value is -2.63. The molecule has 6 nitrogen and oxygen atoms in total. The van der Waals surface area contributed by atoms with Gasteiger partial charge in [-0.05, 0) is 31.2 Å². The number of hydrogen-bond acceptors (Lipinski definition) is 5. The van der Waals surface area contributed by atoms with Crippen molar-refractivity contribution in [2.24, 2.45) is 0 Å². The zero-order valence-electron chi connectivity index (χ0n) is 13.8. The van der Waals surface area contributed by atoms with Gasteiger partial charge >= 0.3 is 0 Å². The van der Waals surface area contributed by atoms with Crippen molar-refractivity contribution < 1.29 is 14.1 Å². The van der Waals surface area contributed by atoms with Gasteiger partial charge in [0.1, 0.15) is 0 Å². The van der Waals surface area contributed by atoms with E-state index in [-0.39, 0.29) is 23.7 Å². The molecule has 23 heavy (non-hydrogen) atoms. The van der Waals surface area contributed by atoms with Crippen molar-refractivity contribution >= 4 is 23.3 Å². The zero-order chi connectivity index (χ0) is 17.0. The molecule has 122 valence electrons. The fourth-order valence-electron chi connectivity index (χ4n) is 1.87. The monoisotopic (exact) mass is 315 g/mol. The van der Waals surface area contributed by atoms with Crippen LogP contribution >= 0.6 is 0 Å². The van der Waals surface area contributed by atoms with Crippen molar-refractivity contribution in [1.82, 2.24) is 5.16 Å². The third-order valence-corrected chi connectivity index (χ3v) is 3.29. The molecule has 1 amide bonds. The number of carbonyl (C=O) groups is 2. The molecule has 0 fully saturated rings. The van der Waals surface area contributed by atoms with Gasteiger partial charge in [-0.15, -0.1) is 0 Å². The molecular weight excluding hydrogens is 294 g/mol. The highest BCUT2D eigenvalue weighted by molar-refractivity contribution is 5.95. The van der Waals surface area contributed by atoms with E-state index in [4.69, 9.17) is 4.52 Å². The third-order valence-electron chi connectivity index (χ3n) is 3.29. The smallest absolute Gasteiger partial charge is 0.246 e. The number of ketones is 1. The van der Waals surface area contributed by atoms with Gasteiger partial charge in [0, 0.05) is 22.7 Å². The Morgan fingerprint density at radius 2 is 1.83 bits per heavy atom. The second-order valence-corrected chi connectivity index (χ2v) is 6.36. The SMILES string of the molecule is CC(=O)c1ccc(NCC(=O)Nc2cc(C(C)(C)C)no2)cc1. The lowest BCUT2D eigenvalue weighted by atomic mass is 9.92. The summed E-state index contributed by atoms with van der Waals surface area (Å²) in [4.78, 5) is 23.1. The summed E-state index contributed by atoms with van der Waals surface area (Å²) in [5.74, 6) is 0.0974. The summed E-state index contributed by atoms with van der Waals surface area (Å²) in [5, 5.41) is 9.57. The highest BCUT2D eigenvalue weighted by Gasteiger charge is 2.19. The first-order valence-electron chi connectivity index (χ1n) is 7.37. The third kappa shape index (κ3) is 4.67. The van der Waals surface area contributed by atoms with E-state index in [1.165, 1.54) is 6.92 Å². The van der Waals surface area contributed by atoms with Gasteiger partial charge in [0.15, 0.2) is 5.78 Å². The first kappa shape index (κ1) is 16.7. The van der Waals surface area contributed by atoms with E-state index >= 15 is 0 Å². The van der Waals surface area contributed by atoms with Gasteiger partial charge in [-0.1, -0.05) is 25.9 Å². The zero-order valence-corrected chi connectivity index (χ0v) is 13.8. The van der Waals surface area contributed by atoms with E-state index in [2.05, 4.69) is 15.8 Å². The number of carbonyl (C=O) groups excluding carboxylic acids is 2. The van der Waals surface area contributed by atoms with Crippen molar-refractivity contribution in [3.05, 3.63) is 41.6 Å². The predicted octanol–water partition coefficient (Wildman–Crippen LogP) is 3.23. The first-order chi connectivity index (χ1) is 10.8. The number of benzene rings is 1. The molecule has 6 heteroatoms. The highest BCUT2D eigenvalue weighted by Crippen LogP contribution is 2.23. The molecule has 0 atom stereocenters. The van der Waals surface area contributed by atoms with E-state index in [9.17, 15) is 9.59 Å². The summed E-state index contributed by atoms with van der Waals surface area (Å²) in [5.41, 5.74) is 2.04. The predicted molar refractivity (Wildman–Crippen MR) is 88.8 cm³/mol. The summed E-state index contributed by atoms with van der Waals surface area (Å²) in [6.07, 6.45) is 0. The van der Waals surface area contributed by atoms with Crippen LogP contribution in [0.1, 0.15) is 43.7 Å². The summed E-state index contributed by atoms with van der Waals surface area (Å²) in [7, 11) is 0. The van der Waals surface area contributed by atoms with Gasteiger partial charge in [0.05, 0.1) is 12.2 Å². The summed E-state index contributed by atoms with van der Waals surface area (Å²) in [6, 6.07) is 8.68. The second kappa shape index (κ2) is 6.64. The van der Waals surface area contributed by atoms with Crippen molar-refractivity contribution in [1.29, 1.82) is 0 Å². The van der Waals surface area contributed by atoms with Crippen LogP contribution in [-0.4, -0.2) is 23.4 Å². The van der Waals surface area contributed by atoms with Crippen LogP contribution in [0.4, 0.5) is 11.6 Å². The maximum atomic E-state index is 11.9. The molecular formula is C17H21N3O3. The minimum Gasteiger partial charge on any atom is -0.376 e. The van der Waals surface area contributed by atoms with Gasteiger partial charge < -0.3 is 9.84 Å². The van der Waals surface area contributed by atoms with Crippen LogP contribution in [0.2, 0.25) is 0 Å². The summed E-state index contributed by atoms with van der Waals surface area (Å²) in [6.45, 7) is 7.65. The minimum atomic E-state index is -0.239. The van der Waals surface area contributed by atoms with Gasteiger partial charge in [0.25, 0.3) is 0 Å². The second-order valence-electron chi connectivity index (χ2n) is 6.36. The van der Waals surface area contributed by atoms with E-state index < -0.39 is 0 Å². The van der Waals surface area contributed by atoms with E-state index in [1.54, 1.807) is 30.3 Å². The number of amides is 1. The molecule has 1 aromatic heterocycles. The Labute approximate surface area is 135 Å². The molecule has 2 aromatic rings. The lowest BCUT2D eigenvalue weighted by molar-refractivity contribution is -0.114. The van der Waals surface area contributed by atoms with Crippen molar-refractivity contribution in [2.75, 3.05) is 17.2 Å². The average molecular weight is 315 g/mol. The minimum absolute atomic E-state index is 0.00858. The maximum absolute atomic E-state index is 11.9. The molecule has 0 saturated heterocycles. The molecule has 0 unspecified atom stereocenters. The van der Waals surface area contributed by atoms with E-state index in [0.717, 1.165) is 11.4 Å². The number of aromatic nitrogens is 1. The molecule has 0 aliphatic heterocycles. The summed E-state index contributed by atoms with van der Waals surface area (Å²) >= 11 is 0. The Kier molecular flexibility index (Phi) is 4.83. The molecule has 0 aliphatic carbocycles. The van der Waals surface area contributed by atoms with Gasteiger partial charge in [0.2, 0.25) is 11.8 Å². The molecule has 2 rings (SSSR count). The Balaban J connectivity index is 1.87. The lowest BCUT2D eigenvalue weighted by Crippen LogP contribution is -2.21. The molecule has 0 bridgehead atoms. The van der Waals surface area contributed by atoms with Gasteiger partial charge in [-0.2, -0.15) is 0 Å². The molecule has 2 N–H and O–H groups in total.